The largest absolute Gasteiger partial charge is 0.206 e. The fourth-order valence-electron chi connectivity index (χ4n) is 2.26. The van der Waals surface area contributed by atoms with Crippen LogP contribution in [0.5, 0.6) is 0 Å². The van der Waals surface area contributed by atoms with Crippen molar-refractivity contribution in [2.45, 2.75) is 25.2 Å². The van der Waals surface area contributed by atoms with Crippen molar-refractivity contribution >= 4 is 23.2 Å². The van der Waals surface area contributed by atoms with Crippen molar-refractivity contribution in [2.75, 3.05) is 0 Å². The van der Waals surface area contributed by atoms with Gasteiger partial charge in [0.1, 0.15) is 5.82 Å². The van der Waals surface area contributed by atoms with Gasteiger partial charge in [0.15, 0.2) is 0 Å². The standard InChI is InChI=1S/C16H13Cl2F/c1-16(6-7-16)11-3-4-12(15(19)9-11)10-2-5-13(17)14(18)8-10/h2-5,8-9H,6-7H2,1H3. The van der Waals surface area contributed by atoms with Gasteiger partial charge in [-0.1, -0.05) is 48.3 Å². The molecule has 0 atom stereocenters. The van der Waals surface area contributed by atoms with E-state index in [0.717, 1.165) is 24.0 Å². The van der Waals surface area contributed by atoms with Crippen LogP contribution in [-0.2, 0) is 5.41 Å². The van der Waals surface area contributed by atoms with Crippen LogP contribution in [0.3, 0.4) is 0 Å². The van der Waals surface area contributed by atoms with Crippen molar-refractivity contribution in [3.63, 3.8) is 0 Å². The van der Waals surface area contributed by atoms with E-state index >= 15 is 0 Å². The van der Waals surface area contributed by atoms with Gasteiger partial charge in [0.05, 0.1) is 10.0 Å². The Kier molecular flexibility index (Phi) is 3.07. The van der Waals surface area contributed by atoms with Crippen LogP contribution in [0.4, 0.5) is 4.39 Å². The van der Waals surface area contributed by atoms with E-state index in [-0.39, 0.29) is 11.2 Å². The topological polar surface area (TPSA) is 0 Å². The Morgan fingerprint density at radius 2 is 1.74 bits per heavy atom. The van der Waals surface area contributed by atoms with Crippen LogP contribution in [-0.4, -0.2) is 0 Å². The van der Waals surface area contributed by atoms with Crippen LogP contribution < -0.4 is 0 Å². The van der Waals surface area contributed by atoms with Gasteiger partial charge in [0.25, 0.3) is 0 Å². The van der Waals surface area contributed by atoms with E-state index in [1.54, 1.807) is 24.3 Å². The number of rotatable bonds is 2. The van der Waals surface area contributed by atoms with Crippen LogP contribution in [0, 0.1) is 5.82 Å². The van der Waals surface area contributed by atoms with Crippen molar-refractivity contribution in [3.05, 3.63) is 57.8 Å². The maximum absolute atomic E-state index is 14.3. The lowest BCUT2D eigenvalue weighted by Crippen LogP contribution is -2.00. The zero-order valence-electron chi connectivity index (χ0n) is 10.5. The van der Waals surface area contributed by atoms with Crippen molar-refractivity contribution < 1.29 is 4.39 Å². The summed E-state index contributed by atoms with van der Waals surface area (Å²) in [5, 5.41) is 0.921. The highest BCUT2D eigenvalue weighted by molar-refractivity contribution is 6.42. The predicted molar refractivity (Wildman–Crippen MR) is 78.4 cm³/mol. The zero-order chi connectivity index (χ0) is 13.6. The Balaban J connectivity index is 2.03. The van der Waals surface area contributed by atoms with Crippen molar-refractivity contribution in [2.24, 2.45) is 0 Å². The zero-order valence-corrected chi connectivity index (χ0v) is 12.0. The third-order valence-corrected chi connectivity index (χ3v) is 4.64. The lowest BCUT2D eigenvalue weighted by Gasteiger charge is -2.11. The van der Waals surface area contributed by atoms with Crippen LogP contribution in [0.1, 0.15) is 25.3 Å². The molecule has 19 heavy (non-hydrogen) atoms. The summed E-state index contributed by atoms with van der Waals surface area (Å²) in [4.78, 5) is 0. The molecular formula is C16H13Cl2F. The van der Waals surface area contributed by atoms with Gasteiger partial charge in [-0.2, -0.15) is 0 Å². The molecule has 2 aromatic rings. The van der Waals surface area contributed by atoms with E-state index < -0.39 is 0 Å². The minimum Gasteiger partial charge on any atom is -0.206 e. The van der Waals surface area contributed by atoms with Gasteiger partial charge < -0.3 is 0 Å². The molecule has 0 saturated heterocycles. The number of hydrogen-bond acceptors (Lipinski definition) is 0. The van der Waals surface area contributed by atoms with Crippen LogP contribution in [0.25, 0.3) is 11.1 Å². The molecule has 3 rings (SSSR count). The fraction of sp³-hybridized carbons (Fsp3) is 0.250. The fourth-order valence-corrected chi connectivity index (χ4v) is 2.56. The minimum absolute atomic E-state index is 0.178. The van der Waals surface area contributed by atoms with Crippen LogP contribution in [0.15, 0.2) is 36.4 Å². The molecule has 0 radical (unpaired) electrons. The van der Waals surface area contributed by atoms with Gasteiger partial charge in [0.2, 0.25) is 0 Å². The van der Waals surface area contributed by atoms with E-state index in [1.807, 2.05) is 12.1 Å². The molecule has 2 aromatic carbocycles. The summed E-state index contributed by atoms with van der Waals surface area (Å²) >= 11 is 11.9. The third-order valence-electron chi connectivity index (χ3n) is 3.90. The summed E-state index contributed by atoms with van der Waals surface area (Å²) < 4.78 is 14.3. The summed E-state index contributed by atoms with van der Waals surface area (Å²) in [6, 6.07) is 10.6. The Labute approximate surface area is 122 Å². The van der Waals surface area contributed by atoms with Crippen molar-refractivity contribution in [3.8, 4) is 11.1 Å². The van der Waals surface area contributed by atoms with E-state index in [4.69, 9.17) is 23.2 Å². The monoisotopic (exact) mass is 294 g/mol. The first kappa shape index (κ1) is 13.0. The molecular weight excluding hydrogens is 282 g/mol. The van der Waals surface area contributed by atoms with E-state index in [9.17, 15) is 4.39 Å². The summed E-state index contributed by atoms with van der Waals surface area (Å²) in [5.74, 6) is -0.205. The van der Waals surface area contributed by atoms with Gasteiger partial charge in [-0.05, 0) is 47.6 Å². The molecule has 0 bridgehead atoms. The average Bonchev–Trinajstić information content (AvgIpc) is 3.12. The first-order valence-corrected chi connectivity index (χ1v) is 7.01. The molecule has 1 aliphatic carbocycles. The highest BCUT2D eigenvalue weighted by atomic mass is 35.5. The quantitative estimate of drug-likeness (QED) is 0.651. The molecule has 0 heterocycles. The van der Waals surface area contributed by atoms with Crippen molar-refractivity contribution in [1.29, 1.82) is 0 Å². The molecule has 1 fully saturated rings. The molecule has 0 unspecified atom stereocenters. The van der Waals surface area contributed by atoms with E-state index in [0.29, 0.717) is 15.6 Å². The first-order valence-electron chi connectivity index (χ1n) is 6.25. The van der Waals surface area contributed by atoms with Crippen molar-refractivity contribution in [1.82, 2.24) is 0 Å². The molecule has 3 heteroatoms. The Morgan fingerprint density at radius 1 is 1.00 bits per heavy atom. The number of halogens is 3. The van der Waals surface area contributed by atoms with E-state index in [2.05, 4.69) is 6.92 Å². The normalized spacial score (nSPS) is 16.4. The van der Waals surface area contributed by atoms with Crippen LogP contribution in [0.2, 0.25) is 10.0 Å². The smallest absolute Gasteiger partial charge is 0.131 e. The lowest BCUT2D eigenvalue weighted by atomic mass is 9.95. The van der Waals surface area contributed by atoms with Gasteiger partial charge in [-0.15, -0.1) is 0 Å². The third kappa shape index (κ3) is 2.37. The number of benzene rings is 2. The summed E-state index contributed by atoms with van der Waals surface area (Å²) in [6.07, 6.45) is 2.27. The van der Waals surface area contributed by atoms with Gasteiger partial charge in [-0.3, -0.25) is 0 Å². The molecule has 0 N–H and O–H groups in total. The second-order valence-electron chi connectivity index (χ2n) is 5.38. The molecule has 1 saturated carbocycles. The average molecular weight is 295 g/mol. The highest BCUT2D eigenvalue weighted by Gasteiger charge is 2.39. The molecule has 0 nitrogen and oxygen atoms in total. The maximum atomic E-state index is 14.3. The lowest BCUT2D eigenvalue weighted by molar-refractivity contribution is 0.624. The first-order chi connectivity index (χ1) is 8.99. The Morgan fingerprint density at radius 3 is 2.32 bits per heavy atom. The summed E-state index contributed by atoms with van der Waals surface area (Å²) in [6.45, 7) is 2.17. The molecule has 0 aliphatic heterocycles. The van der Waals surface area contributed by atoms with E-state index in [1.165, 1.54) is 0 Å². The summed E-state index contributed by atoms with van der Waals surface area (Å²) in [5.41, 5.74) is 2.57. The predicted octanol–water partition coefficient (Wildman–Crippen LogP) is 5.85. The molecule has 98 valence electrons. The maximum Gasteiger partial charge on any atom is 0.131 e. The highest BCUT2D eigenvalue weighted by Crippen LogP contribution is 2.48. The SMILES string of the molecule is CC1(c2ccc(-c3ccc(Cl)c(Cl)c3)c(F)c2)CC1. The van der Waals surface area contributed by atoms with Gasteiger partial charge in [-0.25, -0.2) is 4.39 Å². The summed E-state index contributed by atoms with van der Waals surface area (Å²) in [7, 11) is 0. The second kappa shape index (κ2) is 4.50. The number of hydrogen-bond donors (Lipinski definition) is 0. The Bertz CT molecular complexity index is 645. The molecule has 0 amide bonds. The molecule has 0 aromatic heterocycles. The second-order valence-corrected chi connectivity index (χ2v) is 6.20. The minimum atomic E-state index is -0.205. The van der Waals surface area contributed by atoms with Gasteiger partial charge >= 0.3 is 0 Å². The Hall–Kier alpha value is -1.05. The molecule has 0 spiro atoms. The van der Waals surface area contributed by atoms with Crippen LogP contribution >= 0.6 is 23.2 Å². The van der Waals surface area contributed by atoms with Gasteiger partial charge in [0, 0.05) is 5.56 Å². The molecule has 1 aliphatic rings.